The Morgan fingerprint density at radius 3 is 2.21 bits per heavy atom. The molecule has 0 saturated carbocycles. The maximum atomic E-state index is 5.78. The van der Waals surface area contributed by atoms with E-state index in [2.05, 4.69) is 25.8 Å². The Morgan fingerprint density at radius 1 is 1.29 bits per heavy atom. The van der Waals surface area contributed by atoms with E-state index in [0.29, 0.717) is 17.3 Å². The highest BCUT2D eigenvalue weighted by Crippen LogP contribution is 2.31. The number of rotatable bonds is 1. The second-order valence-electron chi connectivity index (χ2n) is 4.27. The summed E-state index contributed by atoms with van der Waals surface area (Å²) in [6.45, 7) is 6.17. The number of ether oxygens (including phenoxy) is 1. The molecule has 1 aromatic heterocycles. The molecule has 0 bridgehead atoms. The van der Waals surface area contributed by atoms with Crippen LogP contribution in [-0.2, 0) is 5.41 Å². The molecule has 0 aromatic carbocycles. The van der Waals surface area contributed by atoms with Crippen molar-refractivity contribution in [3.05, 3.63) is 11.8 Å². The van der Waals surface area contributed by atoms with Crippen LogP contribution in [0.5, 0.6) is 5.75 Å². The van der Waals surface area contributed by atoms with Crippen molar-refractivity contribution in [2.24, 2.45) is 0 Å². The van der Waals surface area contributed by atoms with Crippen molar-refractivity contribution in [3.63, 3.8) is 0 Å². The second-order valence-corrected chi connectivity index (χ2v) is 4.27. The van der Waals surface area contributed by atoms with Crippen LogP contribution >= 0.6 is 0 Å². The summed E-state index contributed by atoms with van der Waals surface area (Å²) in [7, 11) is 1.53. The van der Waals surface area contributed by atoms with Gasteiger partial charge in [-0.25, -0.2) is 4.98 Å². The zero-order chi connectivity index (χ0) is 10.9. The van der Waals surface area contributed by atoms with Gasteiger partial charge in [0.15, 0.2) is 11.6 Å². The molecular formula is C10H17N3O. The zero-order valence-electron chi connectivity index (χ0n) is 9.09. The van der Waals surface area contributed by atoms with Crippen molar-refractivity contribution in [1.82, 2.24) is 4.98 Å². The lowest BCUT2D eigenvalue weighted by molar-refractivity contribution is 0.416. The Balaban J connectivity index is 3.28. The average molecular weight is 195 g/mol. The van der Waals surface area contributed by atoms with Crippen molar-refractivity contribution in [2.45, 2.75) is 26.2 Å². The van der Waals surface area contributed by atoms with Gasteiger partial charge in [0.25, 0.3) is 0 Å². The minimum Gasteiger partial charge on any atom is -0.491 e. The maximum absolute atomic E-state index is 5.78. The van der Waals surface area contributed by atoms with Gasteiger partial charge >= 0.3 is 0 Å². The van der Waals surface area contributed by atoms with Crippen molar-refractivity contribution in [3.8, 4) is 5.75 Å². The Labute approximate surface area is 84.3 Å². The van der Waals surface area contributed by atoms with E-state index >= 15 is 0 Å². The molecule has 0 aliphatic carbocycles. The molecule has 1 aromatic rings. The largest absolute Gasteiger partial charge is 0.491 e. The first-order chi connectivity index (χ1) is 6.36. The molecule has 4 nitrogen and oxygen atoms in total. The van der Waals surface area contributed by atoms with Crippen LogP contribution in [0, 0.1) is 0 Å². The summed E-state index contributed by atoms with van der Waals surface area (Å²) in [5.74, 6) is 0.801. The molecule has 0 radical (unpaired) electrons. The fourth-order valence-corrected chi connectivity index (χ4v) is 1.18. The minimum atomic E-state index is -0.0610. The summed E-state index contributed by atoms with van der Waals surface area (Å²) in [5, 5.41) is 0. The first-order valence-corrected chi connectivity index (χ1v) is 4.46. The van der Waals surface area contributed by atoms with Gasteiger partial charge in [-0.3, -0.25) is 0 Å². The molecule has 0 unspecified atom stereocenters. The highest BCUT2D eigenvalue weighted by molar-refractivity contribution is 5.64. The van der Waals surface area contributed by atoms with Crippen LogP contribution in [0.2, 0.25) is 0 Å². The minimum absolute atomic E-state index is 0.0610. The maximum Gasteiger partial charge on any atom is 0.183 e. The van der Waals surface area contributed by atoms with Crippen LogP contribution in [0.15, 0.2) is 6.07 Å². The van der Waals surface area contributed by atoms with E-state index in [1.807, 2.05) is 0 Å². The Morgan fingerprint density at radius 2 is 1.86 bits per heavy atom. The summed E-state index contributed by atoms with van der Waals surface area (Å²) in [6.07, 6.45) is 0. The Kier molecular flexibility index (Phi) is 2.55. The molecule has 78 valence electrons. The van der Waals surface area contributed by atoms with E-state index in [9.17, 15) is 0 Å². The molecule has 0 spiro atoms. The molecule has 4 N–H and O–H groups in total. The number of pyridine rings is 1. The summed E-state index contributed by atoms with van der Waals surface area (Å²) in [6, 6.07) is 1.80. The third-order valence-electron chi connectivity index (χ3n) is 2.00. The topological polar surface area (TPSA) is 74.2 Å². The van der Waals surface area contributed by atoms with E-state index < -0.39 is 0 Å². The molecule has 1 heterocycles. The van der Waals surface area contributed by atoms with Gasteiger partial charge in [0, 0.05) is 5.41 Å². The summed E-state index contributed by atoms with van der Waals surface area (Å²) < 4.78 is 5.03. The number of nitrogens with two attached hydrogens (primary N) is 2. The fourth-order valence-electron chi connectivity index (χ4n) is 1.18. The second kappa shape index (κ2) is 3.36. The quantitative estimate of drug-likeness (QED) is 0.713. The number of aromatic nitrogens is 1. The third-order valence-corrected chi connectivity index (χ3v) is 2.00. The van der Waals surface area contributed by atoms with Gasteiger partial charge in [-0.1, -0.05) is 20.8 Å². The van der Waals surface area contributed by atoms with Crippen LogP contribution in [0.3, 0.4) is 0 Å². The van der Waals surface area contributed by atoms with Crippen molar-refractivity contribution < 1.29 is 4.74 Å². The number of nitrogen functional groups attached to an aromatic ring is 2. The number of anilines is 2. The van der Waals surface area contributed by atoms with E-state index in [-0.39, 0.29) is 5.41 Å². The highest BCUT2D eigenvalue weighted by Gasteiger charge is 2.18. The van der Waals surface area contributed by atoms with Crippen molar-refractivity contribution >= 4 is 11.5 Å². The van der Waals surface area contributed by atoms with Gasteiger partial charge < -0.3 is 16.2 Å². The van der Waals surface area contributed by atoms with Gasteiger partial charge in [-0.15, -0.1) is 0 Å². The van der Waals surface area contributed by atoms with Crippen LogP contribution in [0.4, 0.5) is 11.5 Å². The van der Waals surface area contributed by atoms with Gasteiger partial charge in [-0.2, -0.15) is 0 Å². The lowest BCUT2D eigenvalue weighted by Crippen LogP contribution is -2.15. The Hall–Kier alpha value is -1.45. The number of nitrogens with zero attached hydrogens (tertiary/aromatic N) is 1. The van der Waals surface area contributed by atoms with Crippen molar-refractivity contribution in [1.29, 1.82) is 0 Å². The summed E-state index contributed by atoms with van der Waals surface area (Å²) in [5.41, 5.74) is 12.8. The Bertz CT molecular complexity index is 319. The molecular weight excluding hydrogens is 178 g/mol. The monoisotopic (exact) mass is 195 g/mol. The SMILES string of the molecule is COc1c(N)cc(C(C)(C)C)nc1N. The van der Waals surface area contributed by atoms with Crippen LogP contribution in [-0.4, -0.2) is 12.1 Å². The van der Waals surface area contributed by atoms with E-state index in [1.54, 1.807) is 6.07 Å². The molecule has 0 aliphatic rings. The van der Waals surface area contributed by atoms with Crippen LogP contribution < -0.4 is 16.2 Å². The molecule has 4 heteroatoms. The smallest absolute Gasteiger partial charge is 0.183 e. The normalized spacial score (nSPS) is 11.4. The predicted octanol–water partition coefficient (Wildman–Crippen LogP) is 1.55. The van der Waals surface area contributed by atoms with Crippen molar-refractivity contribution in [2.75, 3.05) is 18.6 Å². The molecule has 0 aliphatic heterocycles. The third kappa shape index (κ3) is 1.89. The predicted molar refractivity (Wildman–Crippen MR) is 58.3 cm³/mol. The molecule has 0 fully saturated rings. The first kappa shape index (κ1) is 10.6. The average Bonchev–Trinajstić information content (AvgIpc) is 2.01. The summed E-state index contributed by atoms with van der Waals surface area (Å²) >= 11 is 0. The lowest BCUT2D eigenvalue weighted by atomic mass is 9.91. The molecule has 0 atom stereocenters. The highest BCUT2D eigenvalue weighted by atomic mass is 16.5. The molecule has 1 rings (SSSR count). The van der Waals surface area contributed by atoms with Gasteiger partial charge in [0.05, 0.1) is 18.5 Å². The zero-order valence-corrected chi connectivity index (χ0v) is 9.09. The van der Waals surface area contributed by atoms with Gasteiger partial charge in [0.1, 0.15) is 0 Å². The summed E-state index contributed by atoms with van der Waals surface area (Å²) in [4.78, 5) is 4.25. The fraction of sp³-hybridized carbons (Fsp3) is 0.500. The van der Waals surface area contributed by atoms with Gasteiger partial charge in [-0.05, 0) is 6.07 Å². The number of methoxy groups -OCH3 is 1. The van der Waals surface area contributed by atoms with Crippen LogP contribution in [0.25, 0.3) is 0 Å². The number of hydrogen-bond donors (Lipinski definition) is 2. The van der Waals surface area contributed by atoms with E-state index in [4.69, 9.17) is 16.2 Å². The molecule has 0 saturated heterocycles. The van der Waals surface area contributed by atoms with Crippen LogP contribution in [0.1, 0.15) is 26.5 Å². The van der Waals surface area contributed by atoms with E-state index in [0.717, 1.165) is 5.69 Å². The standard InChI is InChI=1S/C10H17N3O/c1-10(2,3)7-5-6(11)8(14-4)9(12)13-7/h5H,1-4H3,(H4,11,12,13). The lowest BCUT2D eigenvalue weighted by Gasteiger charge is -2.19. The first-order valence-electron chi connectivity index (χ1n) is 4.46. The number of hydrogen-bond acceptors (Lipinski definition) is 4. The molecule has 0 amide bonds. The van der Waals surface area contributed by atoms with Gasteiger partial charge in [0.2, 0.25) is 0 Å². The van der Waals surface area contributed by atoms with E-state index in [1.165, 1.54) is 7.11 Å². The molecule has 14 heavy (non-hydrogen) atoms.